The predicted octanol–water partition coefficient (Wildman–Crippen LogP) is 4.62. The van der Waals surface area contributed by atoms with Crippen LogP contribution in [0.25, 0.3) is 0 Å². The summed E-state index contributed by atoms with van der Waals surface area (Å²) in [7, 11) is -2.01. The number of hydrogen-bond donors (Lipinski definition) is 0. The summed E-state index contributed by atoms with van der Waals surface area (Å²) in [5, 5.41) is 9.91. The number of piperazine rings is 1. The Balaban J connectivity index is 1.48. The monoisotopic (exact) mass is 697 g/mol. The van der Waals surface area contributed by atoms with Crippen molar-refractivity contribution in [2.75, 3.05) is 56.2 Å². The topological polar surface area (TPSA) is 152 Å². The number of aryl methyl sites for hydroxylation is 1. The van der Waals surface area contributed by atoms with Crippen molar-refractivity contribution in [3.8, 4) is 23.3 Å². The van der Waals surface area contributed by atoms with Gasteiger partial charge in [0, 0.05) is 44.0 Å². The van der Waals surface area contributed by atoms with Crippen LogP contribution in [0.15, 0.2) is 83.9 Å². The first-order valence-electron chi connectivity index (χ1n) is 15.8. The molecule has 0 spiro atoms. The lowest BCUT2D eigenvalue weighted by Crippen LogP contribution is -2.53. The van der Waals surface area contributed by atoms with Crippen molar-refractivity contribution in [3.05, 3.63) is 101 Å². The average molecular weight is 698 g/mol. The maximum Gasteiger partial charge on any atom is 0.411 e. The van der Waals surface area contributed by atoms with Crippen molar-refractivity contribution >= 4 is 33.5 Å². The number of carbonyl (C=O) groups is 2. The molecule has 3 aromatic carbocycles. The van der Waals surface area contributed by atoms with E-state index in [2.05, 4.69) is 11.1 Å². The summed E-state index contributed by atoms with van der Waals surface area (Å²) in [5.74, 6) is 0.140. The van der Waals surface area contributed by atoms with E-state index in [1.165, 1.54) is 55.5 Å². The van der Waals surface area contributed by atoms with E-state index in [1.54, 1.807) is 37.4 Å². The minimum absolute atomic E-state index is 0.0132. The lowest BCUT2D eigenvalue weighted by atomic mass is 9.85. The van der Waals surface area contributed by atoms with E-state index in [4.69, 9.17) is 18.9 Å². The molecule has 6 rings (SSSR count). The van der Waals surface area contributed by atoms with Crippen molar-refractivity contribution in [1.82, 2.24) is 9.88 Å². The third-order valence-electron chi connectivity index (χ3n) is 8.67. The molecule has 0 bridgehead atoms. The van der Waals surface area contributed by atoms with Crippen LogP contribution < -0.4 is 23.4 Å². The Kier molecular flexibility index (Phi) is 9.27. The van der Waals surface area contributed by atoms with Crippen LogP contribution in [0.4, 0.5) is 16.3 Å². The number of benzene rings is 3. The minimum atomic E-state index is -4.73. The van der Waals surface area contributed by atoms with Crippen LogP contribution in [0.3, 0.4) is 0 Å². The molecular weight excluding hydrogens is 662 g/mol. The van der Waals surface area contributed by atoms with E-state index < -0.39 is 27.6 Å². The number of methoxy groups -OCH3 is 2. The van der Waals surface area contributed by atoms with Gasteiger partial charge in [0.1, 0.15) is 28.0 Å². The van der Waals surface area contributed by atoms with Crippen molar-refractivity contribution < 1.29 is 37.0 Å². The lowest BCUT2D eigenvalue weighted by molar-refractivity contribution is -0.132. The van der Waals surface area contributed by atoms with Crippen LogP contribution >= 0.6 is 0 Å². The Morgan fingerprint density at radius 3 is 2.38 bits per heavy atom. The van der Waals surface area contributed by atoms with Gasteiger partial charge in [-0.1, -0.05) is 18.2 Å². The number of para-hydroxylation sites is 1. The van der Waals surface area contributed by atoms with Crippen molar-refractivity contribution in [3.63, 3.8) is 0 Å². The van der Waals surface area contributed by atoms with Gasteiger partial charge in [-0.3, -0.25) is 4.79 Å². The second kappa shape index (κ2) is 13.6. The highest BCUT2D eigenvalue weighted by atomic mass is 32.2. The van der Waals surface area contributed by atoms with Crippen LogP contribution in [0.1, 0.15) is 29.2 Å². The Morgan fingerprint density at radius 1 is 0.940 bits per heavy atom. The number of aromatic nitrogens is 1. The maximum atomic E-state index is 15.1. The fourth-order valence-corrected chi connectivity index (χ4v) is 7.82. The van der Waals surface area contributed by atoms with Gasteiger partial charge in [0.2, 0.25) is 5.60 Å². The molecule has 0 N–H and O–H groups in total. The molecule has 2 amide bonds. The number of amides is 2. The molecule has 1 atom stereocenters. The Labute approximate surface area is 290 Å². The van der Waals surface area contributed by atoms with E-state index in [0.717, 1.165) is 11.4 Å². The summed E-state index contributed by atoms with van der Waals surface area (Å²) in [4.78, 5) is 36.9. The van der Waals surface area contributed by atoms with E-state index in [-0.39, 0.29) is 58.5 Å². The summed E-state index contributed by atoms with van der Waals surface area (Å²) < 4.78 is 52.7. The number of ether oxygens (including phenoxy) is 4. The van der Waals surface area contributed by atoms with Gasteiger partial charge in [-0.15, -0.1) is 0 Å². The van der Waals surface area contributed by atoms with Gasteiger partial charge in [0.25, 0.3) is 15.9 Å². The fourth-order valence-electron chi connectivity index (χ4n) is 6.22. The van der Waals surface area contributed by atoms with Crippen LogP contribution in [0, 0.1) is 18.3 Å². The van der Waals surface area contributed by atoms with Gasteiger partial charge in [-0.2, -0.15) is 9.57 Å². The molecule has 14 heteroatoms. The van der Waals surface area contributed by atoms with Crippen LogP contribution in [0.5, 0.6) is 17.2 Å². The summed E-state index contributed by atoms with van der Waals surface area (Å²) >= 11 is 0. The first kappa shape index (κ1) is 34.1. The van der Waals surface area contributed by atoms with Crippen molar-refractivity contribution in [2.24, 2.45) is 0 Å². The van der Waals surface area contributed by atoms with E-state index >= 15 is 4.79 Å². The van der Waals surface area contributed by atoms with Gasteiger partial charge in [-0.05, 0) is 67.9 Å². The molecule has 1 unspecified atom stereocenters. The maximum absolute atomic E-state index is 15.1. The second-order valence-corrected chi connectivity index (χ2v) is 13.3. The largest absolute Gasteiger partial charge is 0.497 e. The van der Waals surface area contributed by atoms with Crippen molar-refractivity contribution in [1.29, 1.82) is 5.26 Å². The molecule has 3 heterocycles. The molecule has 1 aromatic heterocycles. The Morgan fingerprint density at radius 2 is 1.70 bits per heavy atom. The Bertz CT molecular complexity index is 2110. The lowest BCUT2D eigenvalue weighted by Gasteiger charge is -2.37. The number of hydrogen-bond acceptors (Lipinski definition) is 11. The van der Waals surface area contributed by atoms with E-state index in [9.17, 15) is 18.5 Å². The van der Waals surface area contributed by atoms with Gasteiger partial charge in [0.05, 0.1) is 43.7 Å². The zero-order valence-corrected chi connectivity index (χ0v) is 28.8. The number of pyridine rings is 1. The standard InChI is InChI=1S/C36H35N5O8S/c1-5-48-30-9-7-6-8-27(30)36(49-35(43)40-18-16-39(17-19-40)33-20-24(2)14-15-38-33)28-21-25(23-37)10-12-29(28)41(34(36)42)50(44,45)32-13-11-26(46-3)22-31(32)47-4/h6-15,20-22H,5,16-19H2,1-4H3. The zero-order valence-electron chi connectivity index (χ0n) is 28.0. The van der Waals surface area contributed by atoms with E-state index in [0.29, 0.717) is 23.1 Å². The first-order chi connectivity index (χ1) is 24.1. The quantitative estimate of drug-likeness (QED) is 0.241. The molecule has 4 aromatic rings. The average Bonchev–Trinajstić information content (AvgIpc) is 3.38. The summed E-state index contributed by atoms with van der Waals surface area (Å²) in [6.07, 6.45) is 0.876. The van der Waals surface area contributed by atoms with Crippen molar-refractivity contribution in [2.45, 2.75) is 24.3 Å². The molecule has 0 radical (unpaired) electrons. The highest BCUT2D eigenvalue weighted by molar-refractivity contribution is 7.93. The number of carbonyl (C=O) groups excluding carboxylic acids is 2. The van der Waals surface area contributed by atoms with Gasteiger partial charge in [-0.25, -0.2) is 18.2 Å². The summed E-state index contributed by atoms with van der Waals surface area (Å²) in [6, 6.07) is 20.6. The number of anilines is 2. The van der Waals surface area contributed by atoms with Crippen LogP contribution in [-0.2, 0) is 25.2 Å². The predicted molar refractivity (Wildman–Crippen MR) is 183 cm³/mol. The number of nitriles is 1. The number of sulfonamides is 1. The summed E-state index contributed by atoms with van der Waals surface area (Å²) in [5.41, 5.74) is -1.21. The normalized spacial score (nSPS) is 17.2. The van der Waals surface area contributed by atoms with Gasteiger partial charge >= 0.3 is 6.09 Å². The first-order valence-corrected chi connectivity index (χ1v) is 17.3. The Hall–Kier alpha value is -5.81. The van der Waals surface area contributed by atoms with Gasteiger partial charge in [0.15, 0.2) is 0 Å². The highest BCUT2D eigenvalue weighted by Gasteiger charge is 2.61. The molecule has 1 saturated heterocycles. The third kappa shape index (κ3) is 5.79. The van der Waals surface area contributed by atoms with Gasteiger partial charge < -0.3 is 28.7 Å². The molecule has 2 aliphatic heterocycles. The molecule has 258 valence electrons. The SMILES string of the molecule is CCOc1ccccc1C1(OC(=O)N2CCN(c3cc(C)ccn3)CC2)C(=O)N(S(=O)(=O)c2ccc(OC)cc2OC)c2ccc(C#N)cc21. The molecule has 1 fully saturated rings. The number of fused-ring (bicyclic) bond motifs is 1. The molecule has 50 heavy (non-hydrogen) atoms. The minimum Gasteiger partial charge on any atom is -0.497 e. The second-order valence-electron chi connectivity index (χ2n) is 11.6. The third-order valence-corrected chi connectivity index (χ3v) is 10.4. The number of nitrogens with zero attached hydrogens (tertiary/aromatic N) is 5. The molecule has 0 aliphatic carbocycles. The van der Waals surface area contributed by atoms with Crippen LogP contribution in [0.2, 0.25) is 0 Å². The zero-order chi connectivity index (χ0) is 35.6. The summed E-state index contributed by atoms with van der Waals surface area (Å²) in [6.45, 7) is 5.28. The van der Waals surface area contributed by atoms with Crippen LogP contribution in [-0.4, -0.2) is 77.3 Å². The smallest absolute Gasteiger partial charge is 0.411 e. The highest BCUT2D eigenvalue weighted by Crippen LogP contribution is 2.52. The molecule has 0 saturated carbocycles. The molecular formula is C36H35N5O8S. The molecule has 13 nitrogen and oxygen atoms in total. The molecule has 2 aliphatic rings. The fraction of sp³-hybridized carbons (Fsp3) is 0.278. The van der Waals surface area contributed by atoms with E-state index in [1.807, 2.05) is 24.0 Å². The number of rotatable bonds is 9.